The number of thioether (sulfide) groups is 2. The average molecular weight is 484 g/mol. The SMILES string of the molecule is COc1cc(NC(=O)CSc2nnc(SCc3cccc4ccccc34)s2)cc(OC)c1. The van der Waals surface area contributed by atoms with Gasteiger partial charge in [0.1, 0.15) is 11.5 Å². The Morgan fingerprint density at radius 2 is 1.62 bits per heavy atom. The minimum absolute atomic E-state index is 0.134. The molecule has 9 heteroatoms. The highest BCUT2D eigenvalue weighted by atomic mass is 32.2. The Balaban J connectivity index is 1.31. The normalized spacial score (nSPS) is 10.8. The van der Waals surface area contributed by atoms with Crippen molar-refractivity contribution in [1.82, 2.24) is 10.2 Å². The van der Waals surface area contributed by atoms with Gasteiger partial charge in [-0.1, -0.05) is 77.3 Å². The maximum atomic E-state index is 12.4. The molecule has 0 radical (unpaired) electrons. The smallest absolute Gasteiger partial charge is 0.234 e. The minimum atomic E-state index is -0.134. The molecule has 0 aliphatic rings. The van der Waals surface area contributed by atoms with Crippen LogP contribution in [0.5, 0.6) is 11.5 Å². The molecule has 0 fully saturated rings. The van der Waals surface area contributed by atoms with Crippen molar-refractivity contribution in [3.63, 3.8) is 0 Å². The zero-order valence-corrected chi connectivity index (χ0v) is 20.0. The molecule has 0 aliphatic heterocycles. The molecule has 1 N–H and O–H groups in total. The van der Waals surface area contributed by atoms with Gasteiger partial charge in [-0.3, -0.25) is 4.79 Å². The Kier molecular flexibility index (Phi) is 7.51. The van der Waals surface area contributed by atoms with Crippen molar-refractivity contribution in [3.8, 4) is 11.5 Å². The summed E-state index contributed by atoms with van der Waals surface area (Å²) >= 11 is 4.53. The van der Waals surface area contributed by atoms with Gasteiger partial charge in [0, 0.05) is 29.6 Å². The average Bonchev–Trinajstić information content (AvgIpc) is 3.29. The van der Waals surface area contributed by atoms with E-state index < -0.39 is 0 Å². The van der Waals surface area contributed by atoms with Crippen molar-refractivity contribution in [1.29, 1.82) is 0 Å². The van der Waals surface area contributed by atoms with Crippen molar-refractivity contribution < 1.29 is 14.3 Å². The molecule has 3 aromatic carbocycles. The van der Waals surface area contributed by atoms with Gasteiger partial charge in [0.15, 0.2) is 8.68 Å². The molecule has 0 atom stereocenters. The summed E-state index contributed by atoms with van der Waals surface area (Å²) in [7, 11) is 3.14. The van der Waals surface area contributed by atoms with Crippen LogP contribution in [0, 0.1) is 0 Å². The van der Waals surface area contributed by atoms with Crippen molar-refractivity contribution in [2.75, 3.05) is 25.3 Å². The fraction of sp³-hybridized carbons (Fsp3) is 0.174. The molecule has 0 saturated heterocycles. The minimum Gasteiger partial charge on any atom is -0.497 e. The number of anilines is 1. The van der Waals surface area contributed by atoms with E-state index in [0.717, 1.165) is 14.4 Å². The van der Waals surface area contributed by atoms with E-state index in [9.17, 15) is 4.79 Å². The van der Waals surface area contributed by atoms with Gasteiger partial charge in [0.25, 0.3) is 0 Å². The number of nitrogens with one attached hydrogen (secondary N) is 1. The van der Waals surface area contributed by atoms with Gasteiger partial charge in [-0.2, -0.15) is 0 Å². The van der Waals surface area contributed by atoms with Crippen LogP contribution in [-0.2, 0) is 10.5 Å². The zero-order chi connectivity index (χ0) is 22.3. The molecule has 0 saturated carbocycles. The first kappa shape index (κ1) is 22.4. The number of carbonyl (C=O) groups excluding carboxylic acids is 1. The number of hydrogen-bond donors (Lipinski definition) is 1. The standard InChI is InChI=1S/C23H21N3O3S3/c1-28-18-10-17(11-19(12-18)29-2)24-21(27)14-31-23-26-25-22(32-23)30-13-16-8-5-7-15-6-3-4-9-20(15)16/h3-12H,13-14H2,1-2H3,(H,24,27). The van der Waals surface area contributed by atoms with Crippen LogP contribution in [0.15, 0.2) is 69.3 Å². The van der Waals surface area contributed by atoms with Crippen molar-refractivity contribution in [2.24, 2.45) is 0 Å². The monoisotopic (exact) mass is 483 g/mol. The Morgan fingerprint density at radius 3 is 2.38 bits per heavy atom. The Bertz CT molecular complexity index is 1200. The summed E-state index contributed by atoms with van der Waals surface area (Å²) in [5, 5.41) is 13.8. The first-order chi connectivity index (χ1) is 15.6. The van der Waals surface area contributed by atoms with Gasteiger partial charge < -0.3 is 14.8 Å². The molecule has 0 bridgehead atoms. The highest BCUT2D eigenvalue weighted by Gasteiger charge is 2.11. The fourth-order valence-electron chi connectivity index (χ4n) is 3.08. The van der Waals surface area contributed by atoms with E-state index in [4.69, 9.17) is 9.47 Å². The summed E-state index contributed by atoms with van der Waals surface area (Å²) in [6, 6.07) is 20.0. The van der Waals surface area contributed by atoms with Crippen LogP contribution in [0.25, 0.3) is 10.8 Å². The number of benzene rings is 3. The molecule has 0 aliphatic carbocycles. The summed E-state index contributed by atoms with van der Waals surface area (Å²) in [4.78, 5) is 12.4. The maximum absolute atomic E-state index is 12.4. The lowest BCUT2D eigenvalue weighted by Crippen LogP contribution is -2.14. The van der Waals surface area contributed by atoms with Crippen LogP contribution in [0.4, 0.5) is 5.69 Å². The third kappa shape index (κ3) is 5.73. The molecule has 4 rings (SSSR count). The predicted octanol–water partition coefficient (Wildman–Crippen LogP) is 5.73. The number of carbonyl (C=O) groups is 1. The summed E-state index contributed by atoms with van der Waals surface area (Å²) in [6.07, 6.45) is 0. The van der Waals surface area contributed by atoms with Gasteiger partial charge in [0.2, 0.25) is 5.91 Å². The quantitative estimate of drug-likeness (QED) is 0.305. The number of hydrogen-bond acceptors (Lipinski definition) is 8. The topological polar surface area (TPSA) is 73.3 Å². The van der Waals surface area contributed by atoms with Crippen LogP contribution in [0.1, 0.15) is 5.56 Å². The Labute approximate surface area is 198 Å². The summed E-state index contributed by atoms with van der Waals surface area (Å²) in [6.45, 7) is 0. The summed E-state index contributed by atoms with van der Waals surface area (Å²) < 4.78 is 12.1. The number of rotatable bonds is 9. The Hall–Kier alpha value is -2.75. The van der Waals surface area contributed by atoms with E-state index in [1.54, 1.807) is 44.2 Å². The second kappa shape index (κ2) is 10.7. The fourth-order valence-corrected chi connectivity index (χ4v) is 5.90. The molecule has 0 spiro atoms. The lowest BCUT2D eigenvalue weighted by molar-refractivity contribution is -0.113. The number of aromatic nitrogens is 2. The highest BCUT2D eigenvalue weighted by Crippen LogP contribution is 2.32. The van der Waals surface area contributed by atoms with E-state index in [-0.39, 0.29) is 11.7 Å². The van der Waals surface area contributed by atoms with E-state index in [0.29, 0.717) is 17.2 Å². The largest absolute Gasteiger partial charge is 0.497 e. The molecule has 4 aromatic rings. The van der Waals surface area contributed by atoms with Crippen molar-refractivity contribution in [2.45, 2.75) is 14.4 Å². The van der Waals surface area contributed by atoms with Crippen LogP contribution >= 0.6 is 34.9 Å². The number of fused-ring (bicyclic) bond motifs is 1. The van der Waals surface area contributed by atoms with Crippen LogP contribution < -0.4 is 14.8 Å². The maximum Gasteiger partial charge on any atom is 0.234 e. The van der Waals surface area contributed by atoms with Crippen LogP contribution in [-0.4, -0.2) is 36.1 Å². The van der Waals surface area contributed by atoms with Gasteiger partial charge in [-0.15, -0.1) is 10.2 Å². The summed E-state index contributed by atoms with van der Waals surface area (Å²) in [5.41, 5.74) is 1.89. The number of ether oxygens (including phenoxy) is 2. The molecule has 1 heterocycles. The van der Waals surface area contributed by atoms with E-state index in [1.807, 2.05) is 0 Å². The molecule has 6 nitrogen and oxygen atoms in total. The second-order valence-corrected chi connectivity index (χ2v) is 10.1. The molecular weight excluding hydrogens is 462 g/mol. The van der Waals surface area contributed by atoms with Crippen molar-refractivity contribution in [3.05, 3.63) is 66.2 Å². The van der Waals surface area contributed by atoms with E-state index in [1.165, 1.54) is 39.4 Å². The number of amides is 1. The zero-order valence-electron chi connectivity index (χ0n) is 17.5. The van der Waals surface area contributed by atoms with E-state index >= 15 is 0 Å². The van der Waals surface area contributed by atoms with Crippen LogP contribution in [0.3, 0.4) is 0 Å². The second-order valence-electron chi connectivity index (χ2n) is 6.70. The third-order valence-corrected chi connectivity index (χ3v) is 7.82. The van der Waals surface area contributed by atoms with Crippen molar-refractivity contribution >= 4 is 57.2 Å². The first-order valence-electron chi connectivity index (χ1n) is 9.73. The molecule has 0 unspecified atom stereocenters. The van der Waals surface area contributed by atoms with E-state index in [2.05, 4.69) is 58.0 Å². The summed E-state index contributed by atoms with van der Waals surface area (Å²) in [5.74, 6) is 2.15. The Morgan fingerprint density at radius 1 is 0.938 bits per heavy atom. The van der Waals surface area contributed by atoms with Crippen LogP contribution in [0.2, 0.25) is 0 Å². The molecule has 164 valence electrons. The number of methoxy groups -OCH3 is 2. The lowest BCUT2D eigenvalue weighted by Gasteiger charge is -2.09. The predicted molar refractivity (Wildman–Crippen MR) is 132 cm³/mol. The van der Waals surface area contributed by atoms with Gasteiger partial charge in [0.05, 0.1) is 20.0 Å². The molecule has 1 aromatic heterocycles. The molecular formula is C23H21N3O3S3. The molecule has 32 heavy (non-hydrogen) atoms. The third-order valence-electron chi connectivity index (χ3n) is 4.58. The highest BCUT2D eigenvalue weighted by molar-refractivity contribution is 8.03. The first-order valence-corrected chi connectivity index (χ1v) is 12.5. The van der Waals surface area contributed by atoms with Gasteiger partial charge in [-0.25, -0.2) is 0 Å². The lowest BCUT2D eigenvalue weighted by atomic mass is 10.1. The van der Waals surface area contributed by atoms with Gasteiger partial charge >= 0.3 is 0 Å². The molecule has 1 amide bonds. The number of nitrogens with zero attached hydrogens (tertiary/aromatic N) is 2. The van der Waals surface area contributed by atoms with Gasteiger partial charge in [-0.05, 0) is 16.3 Å².